The topological polar surface area (TPSA) is 54.9 Å². The zero-order valence-corrected chi connectivity index (χ0v) is 15.0. The molecule has 0 saturated heterocycles. The first kappa shape index (κ1) is 17.2. The Balaban J connectivity index is 1.60. The molecule has 2 aromatic heterocycles. The van der Waals surface area contributed by atoms with Crippen LogP contribution in [0.25, 0.3) is 20.9 Å². The monoisotopic (exact) mass is 381 g/mol. The molecule has 0 saturated carbocycles. The molecule has 4 rings (SSSR count). The summed E-state index contributed by atoms with van der Waals surface area (Å²) in [5.74, 6) is -2.26. The molecule has 2 aromatic carbocycles. The molecule has 2 heterocycles. The van der Waals surface area contributed by atoms with Gasteiger partial charge in [0, 0.05) is 23.5 Å². The fraction of sp³-hybridized carbons (Fsp3) is 0.0500. The molecule has 4 nitrogen and oxygen atoms in total. The highest BCUT2D eigenvalue weighted by Crippen LogP contribution is 2.31. The van der Waals surface area contributed by atoms with Crippen LogP contribution >= 0.6 is 11.3 Å². The summed E-state index contributed by atoms with van der Waals surface area (Å²) in [6.45, 7) is 1.84. The van der Waals surface area contributed by atoms with E-state index in [4.69, 9.17) is 0 Å². The van der Waals surface area contributed by atoms with Crippen molar-refractivity contribution < 1.29 is 13.6 Å². The van der Waals surface area contributed by atoms with E-state index in [0.717, 1.165) is 38.6 Å². The van der Waals surface area contributed by atoms with Gasteiger partial charge >= 0.3 is 0 Å². The number of pyridine rings is 1. The first-order chi connectivity index (χ1) is 13.0. The van der Waals surface area contributed by atoms with E-state index < -0.39 is 17.5 Å². The lowest BCUT2D eigenvalue weighted by atomic mass is 10.1. The minimum atomic E-state index is -0.899. The number of hydrogen-bond donors (Lipinski definition) is 1. The van der Waals surface area contributed by atoms with Crippen molar-refractivity contribution in [3.05, 3.63) is 77.5 Å². The van der Waals surface area contributed by atoms with Crippen LogP contribution in [0.2, 0.25) is 0 Å². The third kappa shape index (κ3) is 3.41. The number of nitrogens with zero attached hydrogens (tertiary/aromatic N) is 2. The first-order valence-electron chi connectivity index (χ1n) is 8.10. The second-order valence-corrected chi connectivity index (χ2v) is 6.93. The summed E-state index contributed by atoms with van der Waals surface area (Å²) in [6, 6.07) is 12.1. The van der Waals surface area contributed by atoms with Crippen LogP contribution in [0.15, 0.2) is 54.7 Å². The number of fused-ring (bicyclic) bond motifs is 1. The molecule has 0 aliphatic rings. The van der Waals surface area contributed by atoms with Crippen molar-refractivity contribution in [1.29, 1.82) is 0 Å². The van der Waals surface area contributed by atoms with Crippen molar-refractivity contribution in [1.82, 2.24) is 9.97 Å². The van der Waals surface area contributed by atoms with E-state index in [-0.39, 0.29) is 5.56 Å². The first-order valence-corrected chi connectivity index (χ1v) is 8.92. The number of halogens is 2. The summed E-state index contributed by atoms with van der Waals surface area (Å²) >= 11 is 1.48. The van der Waals surface area contributed by atoms with Crippen LogP contribution in [0.3, 0.4) is 0 Å². The Labute approximate surface area is 157 Å². The van der Waals surface area contributed by atoms with E-state index in [1.54, 1.807) is 12.3 Å². The van der Waals surface area contributed by atoms with Crippen molar-refractivity contribution in [3.8, 4) is 10.6 Å². The Hall–Kier alpha value is -3.19. The van der Waals surface area contributed by atoms with Crippen LogP contribution < -0.4 is 5.32 Å². The molecule has 134 valence electrons. The maximum absolute atomic E-state index is 13.8. The molecule has 0 aliphatic carbocycles. The number of amides is 1. The zero-order valence-electron chi connectivity index (χ0n) is 14.2. The third-order valence-electron chi connectivity index (χ3n) is 4.06. The van der Waals surface area contributed by atoms with Gasteiger partial charge in [0.05, 0.1) is 5.56 Å². The van der Waals surface area contributed by atoms with Gasteiger partial charge in [-0.2, -0.15) is 0 Å². The van der Waals surface area contributed by atoms with Crippen molar-refractivity contribution in [2.45, 2.75) is 6.92 Å². The molecule has 0 radical (unpaired) electrons. The molecular formula is C20H13F2N3OS. The predicted molar refractivity (Wildman–Crippen MR) is 102 cm³/mol. The van der Waals surface area contributed by atoms with Gasteiger partial charge in [0.25, 0.3) is 5.91 Å². The molecule has 1 N–H and O–H groups in total. The number of anilines is 1. The Morgan fingerprint density at radius 3 is 2.70 bits per heavy atom. The van der Waals surface area contributed by atoms with Crippen LogP contribution in [0, 0.1) is 18.6 Å². The number of thiazole rings is 1. The van der Waals surface area contributed by atoms with Crippen LogP contribution in [-0.2, 0) is 0 Å². The van der Waals surface area contributed by atoms with E-state index in [2.05, 4.69) is 15.3 Å². The average molecular weight is 381 g/mol. The number of carbonyl (C=O) groups is 1. The van der Waals surface area contributed by atoms with Crippen molar-refractivity contribution in [2.24, 2.45) is 0 Å². The summed E-state index contributed by atoms with van der Waals surface area (Å²) in [5.41, 5.74) is 2.88. The molecule has 0 spiro atoms. The fourth-order valence-corrected chi connectivity index (χ4v) is 3.60. The lowest BCUT2D eigenvalue weighted by molar-refractivity contribution is 0.102. The molecule has 0 fully saturated rings. The Morgan fingerprint density at radius 1 is 1.11 bits per heavy atom. The van der Waals surface area contributed by atoms with Crippen molar-refractivity contribution in [2.75, 3.05) is 5.32 Å². The third-order valence-corrected chi connectivity index (χ3v) is 5.09. The Bertz CT molecular complexity index is 1140. The summed E-state index contributed by atoms with van der Waals surface area (Å²) in [7, 11) is 0. The summed E-state index contributed by atoms with van der Waals surface area (Å²) in [6.07, 6.45) is 1.72. The molecule has 0 unspecified atom stereocenters. The second kappa shape index (κ2) is 6.85. The molecule has 0 bridgehead atoms. The number of aryl methyl sites for hydroxylation is 1. The number of nitrogens with one attached hydrogen (secondary N) is 1. The second-order valence-electron chi connectivity index (χ2n) is 5.95. The lowest BCUT2D eigenvalue weighted by Crippen LogP contribution is -2.14. The normalized spacial score (nSPS) is 10.9. The van der Waals surface area contributed by atoms with E-state index in [0.29, 0.717) is 11.8 Å². The number of rotatable bonds is 3. The van der Waals surface area contributed by atoms with Crippen LogP contribution in [0.5, 0.6) is 0 Å². The summed E-state index contributed by atoms with van der Waals surface area (Å²) in [4.78, 5) is 22.0. The van der Waals surface area contributed by atoms with Gasteiger partial charge in [-0.05, 0) is 55.0 Å². The molecule has 27 heavy (non-hydrogen) atoms. The molecule has 4 aromatic rings. The maximum Gasteiger partial charge on any atom is 0.258 e. The quantitative estimate of drug-likeness (QED) is 0.531. The molecule has 1 amide bonds. The van der Waals surface area contributed by atoms with Crippen molar-refractivity contribution >= 4 is 33.3 Å². The SMILES string of the molecule is Cc1cc(-c2nc3cccnc3s2)ccc1NC(=O)c1ccc(F)cc1F. The number of aromatic nitrogens is 2. The highest BCUT2D eigenvalue weighted by atomic mass is 32.1. The zero-order chi connectivity index (χ0) is 19.0. The number of carbonyl (C=O) groups excluding carboxylic acids is 1. The minimum absolute atomic E-state index is 0.211. The van der Waals surface area contributed by atoms with Gasteiger partial charge in [-0.1, -0.05) is 11.3 Å². The fourth-order valence-electron chi connectivity index (χ4n) is 2.69. The van der Waals surface area contributed by atoms with E-state index in [9.17, 15) is 13.6 Å². The van der Waals surface area contributed by atoms with Gasteiger partial charge in [0.15, 0.2) is 0 Å². The van der Waals surface area contributed by atoms with E-state index in [1.165, 1.54) is 11.3 Å². The smallest absolute Gasteiger partial charge is 0.258 e. The standard InChI is InChI=1S/C20H13F2N3OS/c1-11-9-12(19-25-17-3-2-8-23-20(17)27-19)4-7-16(11)24-18(26)14-6-5-13(21)10-15(14)22/h2-10H,1H3,(H,24,26). The Kier molecular flexibility index (Phi) is 4.37. The van der Waals surface area contributed by atoms with Gasteiger partial charge in [-0.25, -0.2) is 18.7 Å². The lowest BCUT2D eigenvalue weighted by Gasteiger charge is -2.10. The van der Waals surface area contributed by atoms with Gasteiger partial charge in [-0.3, -0.25) is 4.79 Å². The van der Waals surface area contributed by atoms with Gasteiger partial charge < -0.3 is 5.32 Å². The van der Waals surface area contributed by atoms with Gasteiger partial charge in [0.2, 0.25) is 0 Å². The largest absolute Gasteiger partial charge is 0.322 e. The molecular weight excluding hydrogens is 368 g/mol. The van der Waals surface area contributed by atoms with E-state index >= 15 is 0 Å². The minimum Gasteiger partial charge on any atom is -0.322 e. The van der Waals surface area contributed by atoms with Crippen LogP contribution in [0.4, 0.5) is 14.5 Å². The van der Waals surface area contributed by atoms with Gasteiger partial charge in [-0.15, -0.1) is 0 Å². The van der Waals surface area contributed by atoms with Gasteiger partial charge in [0.1, 0.15) is 27.0 Å². The van der Waals surface area contributed by atoms with E-state index in [1.807, 2.05) is 31.2 Å². The molecule has 7 heteroatoms. The average Bonchev–Trinajstić information content (AvgIpc) is 3.07. The molecule has 0 aliphatic heterocycles. The number of hydrogen-bond acceptors (Lipinski definition) is 4. The summed E-state index contributed by atoms with van der Waals surface area (Å²) in [5, 5.41) is 3.49. The number of benzene rings is 2. The Morgan fingerprint density at radius 2 is 1.96 bits per heavy atom. The highest BCUT2D eigenvalue weighted by molar-refractivity contribution is 7.21. The molecule has 0 atom stereocenters. The van der Waals surface area contributed by atoms with Crippen molar-refractivity contribution in [3.63, 3.8) is 0 Å². The maximum atomic E-state index is 13.8. The highest BCUT2D eigenvalue weighted by Gasteiger charge is 2.14. The van der Waals surface area contributed by atoms with Crippen LogP contribution in [0.1, 0.15) is 15.9 Å². The predicted octanol–water partition coefficient (Wildman–Crippen LogP) is 5.20. The van der Waals surface area contributed by atoms with Crippen LogP contribution in [-0.4, -0.2) is 15.9 Å². The summed E-state index contributed by atoms with van der Waals surface area (Å²) < 4.78 is 26.8.